The summed E-state index contributed by atoms with van der Waals surface area (Å²) in [5.74, 6) is 0.214. The van der Waals surface area contributed by atoms with Gasteiger partial charge in [-0.2, -0.15) is 5.26 Å². The van der Waals surface area contributed by atoms with Crippen LogP contribution in [0.15, 0.2) is 72.3 Å². The van der Waals surface area contributed by atoms with Gasteiger partial charge in [0.2, 0.25) is 0 Å². The van der Waals surface area contributed by atoms with E-state index in [1.165, 1.54) is 6.08 Å². The van der Waals surface area contributed by atoms with Crippen molar-refractivity contribution in [1.29, 1.82) is 5.26 Å². The Kier molecular flexibility index (Phi) is 6.36. The van der Waals surface area contributed by atoms with Crippen LogP contribution in [0.3, 0.4) is 0 Å². The molecule has 0 fully saturated rings. The molecule has 0 saturated carbocycles. The first kappa shape index (κ1) is 17.0. The number of hydrogen-bond donors (Lipinski definition) is 1. The highest BCUT2D eigenvalue weighted by molar-refractivity contribution is 6.06. The Balaban J connectivity index is 2.06. The fourth-order valence-corrected chi connectivity index (χ4v) is 2.01. The third-order valence-electron chi connectivity index (χ3n) is 3.12. The van der Waals surface area contributed by atoms with Gasteiger partial charge < -0.3 is 10.1 Å². The third-order valence-corrected chi connectivity index (χ3v) is 3.12. The number of anilines is 1. The fraction of sp³-hybridized carbons (Fsp3) is 0.100. The second kappa shape index (κ2) is 8.96. The Hall–Kier alpha value is -3.32. The number of ether oxygens (including phenoxy) is 1. The Morgan fingerprint density at radius 3 is 2.71 bits per heavy atom. The third kappa shape index (κ3) is 5.15. The molecule has 0 aromatic heterocycles. The van der Waals surface area contributed by atoms with Crippen LogP contribution in [0.5, 0.6) is 5.75 Å². The lowest BCUT2D eigenvalue weighted by Gasteiger charge is -2.07. The molecule has 0 radical (unpaired) electrons. The summed E-state index contributed by atoms with van der Waals surface area (Å²) < 4.78 is 5.39. The van der Waals surface area contributed by atoms with Crippen LogP contribution in [-0.4, -0.2) is 12.5 Å². The van der Waals surface area contributed by atoms with Crippen LogP contribution >= 0.6 is 0 Å². The van der Waals surface area contributed by atoms with Gasteiger partial charge >= 0.3 is 0 Å². The summed E-state index contributed by atoms with van der Waals surface area (Å²) in [7, 11) is 0. The maximum absolute atomic E-state index is 12.2. The zero-order chi connectivity index (χ0) is 17.2. The molecule has 0 atom stereocenters. The number of nitrogens with one attached hydrogen (secondary N) is 1. The highest BCUT2D eigenvalue weighted by Crippen LogP contribution is 2.17. The lowest BCUT2D eigenvalue weighted by Crippen LogP contribution is -2.13. The molecule has 1 N–H and O–H groups in total. The number of rotatable bonds is 6. The monoisotopic (exact) mass is 318 g/mol. The Morgan fingerprint density at radius 2 is 2.00 bits per heavy atom. The van der Waals surface area contributed by atoms with Gasteiger partial charge in [-0.1, -0.05) is 48.6 Å². The molecule has 120 valence electrons. The van der Waals surface area contributed by atoms with Crippen molar-refractivity contribution in [1.82, 2.24) is 0 Å². The van der Waals surface area contributed by atoms with Crippen molar-refractivity contribution < 1.29 is 9.53 Å². The van der Waals surface area contributed by atoms with Crippen molar-refractivity contribution in [2.45, 2.75) is 6.92 Å². The SMILES string of the molecule is CCOc1cccc(NC(=O)/C(C#N)=C/C=C/c2ccccc2)c1. The van der Waals surface area contributed by atoms with Crippen LogP contribution in [0.4, 0.5) is 5.69 Å². The van der Waals surface area contributed by atoms with Gasteiger partial charge in [0.25, 0.3) is 5.91 Å². The molecule has 2 aromatic carbocycles. The lowest BCUT2D eigenvalue weighted by atomic mass is 10.2. The van der Waals surface area contributed by atoms with Crippen molar-refractivity contribution in [3.8, 4) is 11.8 Å². The average molecular weight is 318 g/mol. The molecule has 0 heterocycles. The maximum atomic E-state index is 12.2. The Bertz CT molecular complexity index is 787. The van der Waals surface area contributed by atoms with Crippen LogP contribution in [0.25, 0.3) is 6.08 Å². The van der Waals surface area contributed by atoms with E-state index in [2.05, 4.69) is 5.32 Å². The molecule has 0 aliphatic heterocycles. The summed E-state index contributed by atoms with van der Waals surface area (Å²) in [5, 5.41) is 11.9. The summed E-state index contributed by atoms with van der Waals surface area (Å²) in [6.07, 6.45) is 5.01. The maximum Gasteiger partial charge on any atom is 0.266 e. The van der Waals surface area contributed by atoms with Crippen molar-refractivity contribution >= 4 is 17.7 Å². The first-order valence-electron chi connectivity index (χ1n) is 7.60. The van der Waals surface area contributed by atoms with Gasteiger partial charge in [0.15, 0.2) is 0 Å². The van der Waals surface area contributed by atoms with Crippen molar-refractivity contribution in [2.75, 3.05) is 11.9 Å². The molecular weight excluding hydrogens is 300 g/mol. The van der Waals surface area contributed by atoms with E-state index >= 15 is 0 Å². The van der Waals surface area contributed by atoms with Crippen molar-refractivity contribution in [3.63, 3.8) is 0 Å². The van der Waals surface area contributed by atoms with E-state index in [-0.39, 0.29) is 5.57 Å². The highest BCUT2D eigenvalue weighted by atomic mass is 16.5. The smallest absolute Gasteiger partial charge is 0.266 e. The van der Waals surface area contributed by atoms with Gasteiger partial charge in [-0.15, -0.1) is 0 Å². The predicted octanol–water partition coefficient (Wildman–Crippen LogP) is 4.19. The first-order chi connectivity index (χ1) is 11.7. The van der Waals surface area contributed by atoms with E-state index in [9.17, 15) is 10.1 Å². The van der Waals surface area contributed by atoms with E-state index < -0.39 is 5.91 Å². The largest absolute Gasteiger partial charge is 0.494 e. The molecule has 4 nitrogen and oxygen atoms in total. The number of nitriles is 1. The molecule has 0 spiro atoms. The molecule has 2 rings (SSSR count). The number of benzene rings is 2. The fourth-order valence-electron chi connectivity index (χ4n) is 2.01. The minimum absolute atomic E-state index is 0.0315. The van der Waals surface area contributed by atoms with E-state index in [4.69, 9.17) is 4.74 Å². The van der Waals surface area contributed by atoms with Crippen molar-refractivity contribution in [3.05, 3.63) is 77.9 Å². The molecule has 0 unspecified atom stereocenters. The lowest BCUT2D eigenvalue weighted by molar-refractivity contribution is -0.112. The zero-order valence-electron chi connectivity index (χ0n) is 13.4. The Labute approximate surface area is 141 Å². The predicted molar refractivity (Wildman–Crippen MR) is 95.4 cm³/mol. The van der Waals surface area contributed by atoms with E-state index in [0.29, 0.717) is 18.0 Å². The quantitative estimate of drug-likeness (QED) is 0.493. The first-order valence-corrected chi connectivity index (χ1v) is 7.60. The molecule has 0 aliphatic carbocycles. The topological polar surface area (TPSA) is 62.1 Å². The van der Waals surface area contributed by atoms with Crippen LogP contribution in [0.2, 0.25) is 0 Å². The molecular formula is C20H18N2O2. The number of carbonyl (C=O) groups excluding carboxylic acids is 1. The molecule has 24 heavy (non-hydrogen) atoms. The minimum atomic E-state index is -0.455. The molecule has 2 aromatic rings. The van der Waals surface area contributed by atoms with E-state index in [1.54, 1.807) is 24.3 Å². The van der Waals surface area contributed by atoms with Crippen molar-refractivity contribution in [2.24, 2.45) is 0 Å². The van der Waals surface area contributed by atoms with Gasteiger partial charge in [-0.3, -0.25) is 4.79 Å². The second-order valence-electron chi connectivity index (χ2n) is 4.88. The van der Waals surface area contributed by atoms with Gasteiger partial charge in [0.1, 0.15) is 17.4 Å². The summed E-state index contributed by atoms with van der Waals surface area (Å²) in [5.41, 5.74) is 1.61. The second-order valence-corrected chi connectivity index (χ2v) is 4.88. The van der Waals surface area contributed by atoms with E-state index in [1.807, 2.05) is 55.5 Å². The Morgan fingerprint density at radius 1 is 1.21 bits per heavy atom. The minimum Gasteiger partial charge on any atom is -0.494 e. The molecule has 0 bridgehead atoms. The zero-order valence-corrected chi connectivity index (χ0v) is 13.4. The summed E-state index contributed by atoms with van der Waals surface area (Å²) >= 11 is 0. The number of amides is 1. The highest BCUT2D eigenvalue weighted by Gasteiger charge is 2.08. The van der Waals surface area contributed by atoms with Crippen LogP contribution in [-0.2, 0) is 4.79 Å². The number of nitrogens with zero attached hydrogens (tertiary/aromatic N) is 1. The molecule has 0 aliphatic rings. The number of hydrogen-bond acceptors (Lipinski definition) is 3. The van der Waals surface area contributed by atoms with Gasteiger partial charge in [0.05, 0.1) is 6.61 Å². The summed E-state index contributed by atoms with van der Waals surface area (Å²) in [4.78, 5) is 12.2. The van der Waals surface area contributed by atoms with E-state index in [0.717, 1.165) is 5.56 Å². The van der Waals surface area contributed by atoms with Gasteiger partial charge in [0, 0.05) is 11.8 Å². The standard InChI is InChI=1S/C20H18N2O2/c1-2-24-19-13-7-12-18(14-19)22-20(23)17(15-21)11-6-10-16-8-4-3-5-9-16/h3-14H,2H2,1H3,(H,22,23)/b10-6+,17-11+. The van der Waals surface area contributed by atoms with Crippen LogP contribution in [0.1, 0.15) is 12.5 Å². The summed E-state index contributed by atoms with van der Waals surface area (Å²) in [6, 6.07) is 18.6. The average Bonchev–Trinajstić information content (AvgIpc) is 2.60. The van der Waals surface area contributed by atoms with Crippen LogP contribution < -0.4 is 10.1 Å². The molecule has 4 heteroatoms. The van der Waals surface area contributed by atoms with Crippen LogP contribution in [0, 0.1) is 11.3 Å². The summed E-state index contributed by atoms with van der Waals surface area (Å²) in [6.45, 7) is 2.44. The molecule has 1 amide bonds. The molecule has 0 saturated heterocycles. The number of carbonyl (C=O) groups is 1. The van der Waals surface area contributed by atoms with Gasteiger partial charge in [-0.25, -0.2) is 0 Å². The van der Waals surface area contributed by atoms with Gasteiger partial charge in [-0.05, 0) is 30.7 Å². The number of allylic oxidation sites excluding steroid dienone is 2. The normalized spacial score (nSPS) is 11.1.